The molecule has 1 saturated carbocycles. The molecule has 1 amide bonds. The van der Waals surface area contributed by atoms with Gasteiger partial charge in [-0.1, -0.05) is 24.3 Å². The Morgan fingerprint density at radius 1 is 1.26 bits per heavy atom. The van der Waals surface area contributed by atoms with Crippen LogP contribution in [-0.2, 0) is 4.79 Å². The summed E-state index contributed by atoms with van der Waals surface area (Å²) in [4.78, 5) is 11.9. The lowest BCUT2D eigenvalue weighted by Crippen LogP contribution is -2.43. The van der Waals surface area contributed by atoms with Crippen LogP contribution in [0.4, 0.5) is 4.39 Å². The maximum absolute atomic E-state index is 14.2. The molecule has 1 fully saturated rings. The van der Waals surface area contributed by atoms with Crippen LogP contribution in [0.1, 0.15) is 31.4 Å². The smallest absolute Gasteiger partial charge is 0.240 e. The van der Waals surface area contributed by atoms with Gasteiger partial charge in [-0.15, -0.1) is 0 Å². The number of halogens is 1. The Balaban J connectivity index is 1.70. The number of carbonyl (C=O) groups is 1. The van der Waals surface area contributed by atoms with Gasteiger partial charge in [-0.05, 0) is 49.6 Å². The fourth-order valence-electron chi connectivity index (χ4n) is 2.27. The first-order valence-corrected chi connectivity index (χ1v) is 7.60. The van der Waals surface area contributed by atoms with Crippen molar-refractivity contribution in [3.05, 3.63) is 59.9 Å². The zero-order valence-corrected chi connectivity index (χ0v) is 12.9. The number of amides is 1. The van der Waals surface area contributed by atoms with Gasteiger partial charge in [0.15, 0.2) is 11.6 Å². The van der Waals surface area contributed by atoms with Crippen LogP contribution in [0, 0.1) is 5.82 Å². The van der Waals surface area contributed by atoms with Crippen molar-refractivity contribution in [3.63, 3.8) is 0 Å². The van der Waals surface area contributed by atoms with Gasteiger partial charge in [-0.2, -0.15) is 0 Å². The summed E-state index contributed by atoms with van der Waals surface area (Å²) in [5, 5.41) is 2.82. The lowest BCUT2D eigenvalue weighted by atomic mass is 10.1. The van der Waals surface area contributed by atoms with Crippen molar-refractivity contribution in [2.75, 3.05) is 0 Å². The largest absolute Gasteiger partial charge is 0.454 e. The van der Waals surface area contributed by atoms with E-state index in [9.17, 15) is 9.18 Å². The molecule has 1 unspecified atom stereocenters. The van der Waals surface area contributed by atoms with Crippen LogP contribution < -0.4 is 15.8 Å². The average Bonchev–Trinajstić information content (AvgIpc) is 3.29. The number of nitrogens with one attached hydrogen (secondary N) is 1. The minimum atomic E-state index is -0.733. The number of ether oxygens (including phenoxy) is 1. The molecule has 0 radical (unpaired) electrons. The zero-order valence-electron chi connectivity index (χ0n) is 12.9. The number of rotatable bonds is 5. The normalized spacial score (nSPS) is 16.5. The topological polar surface area (TPSA) is 64.4 Å². The first-order valence-electron chi connectivity index (χ1n) is 7.60. The van der Waals surface area contributed by atoms with Gasteiger partial charge < -0.3 is 15.8 Å². The van der Waals surface area contributed by atoms with Gasteiger partial charge >= 0.3 is 0 Å². The van der Waals surface area contributed by atoms with E-state index in [1.54, 1.807) is 31.2 Å². The van der Waals surface area contributed by atoms with Crippen LogP contribution in [0.25, 0.3) is 0 Å². The molecule has 1 aliphatic rings. The van der Waals surface area contributed by atoms with E-state index in [0.29, 0.717) is 24.2 Å². The average molecular weight is 314 g/mol. The molecule has 120 valence electrons. The van der Waals surface area contributed by atoms with Crippen LogP contribution >= 0.6 is 0 Å². The van der Waals surface area contributed by atoms with Crippen LogP contribution in [0.2, 0.25) is 0 Å². The highest BCUT2D eigenvalue weighted by Gasteiger charge is 2.46. The van der Waals surface area contributed by atoms with Crippen molar-refractivity contribution >= 4 is 5.91 Å². The maximum atomic E-state index is 14.2. The van der Waals surface area contributed by atoms with Crippen LogP contribution in [0.15, 0.2) is 48.5 Å². The summed E-state index contributed by atoms with van der Waals surface area (Å²) in [5.74, 6) is 0.0617. The molecule has 2 aromatic carbocycles. The van der Waals surface area contributed by atoms with E-state index in [4.69, 9.17) is 10.5 Å². The fraction of sp³-hybridized carbons (Fsp3) is 0.278. The third-order valence-electron chi connectivity index (χ3n) is 4.02. The van der Waals surface area contributed by atoms with Crippen LogP contribution in [-0.4, -0.2) is 11.4 Å². The van der Waals surface area contributed by atoms with Crippen LogP contribution in [0.5, 0.6) is 11.5 Å². The zero-order chi connectivity index (χ0) is 16.4. The number of para-hydroxylation sites is 1. The first-order chi connectivity index (χ1) is 11.0. The van der Waals surface area contributed by atoms with E-state index in [1.807, 2.05) is 18.2 Å². The van der Waals surface area contributed by atoms with Gasteiger partial charge in [0.1, 0.15) is 5.75 Å². The molecule has 23 heavy (non-hydrogen) atoms. The van der Waals surface area contributed by atoms with Gasteiger partial charge in [0.2, 0.25) is 5.91 Å². The highest BCUT2D eigenvalue weighted by molar-refractivity contribution is 5.89. The summed E-state index contributed by atoms with van der Waals surface area (Å²) in [5.41, 5.74) is 5.78. The van der Waals surface area contributed by atoms with E-state index in [-0.39, 0.29) is 17.7 Å². The molecule has 4 nitrogen and oxygen atoms in total. The van der Waals surface area contributed by atoms with Gasteiger partial charge in [-0.25, -0.2) is 4.39 Å². The predicted molar refractivity (Wildman–Crippen MR) is 85.6 cm³/mol. The first kappa shape index (κ1) is 15.5. The molecule has 5 heteroatoms. The summed E-state index contributed by atoms with van der Waals surface area (Å²) in [6, 6.07) is 13.4. The van der Waals surface area contributed by atoms with Gasteiger partial charge in [0.25, 0.3) is 0 Å². The summed E-state index contributed by atoms with van der Waals surface area (Å²) < 4.78 is 19.7. The fourth-order valence-corrected chi connectivity index (χ4v) is 2.27. The minimum Gasteiger partial charge on any atom is -0.454 e. The van der Waals surface area contributed by atoms with Crippen molar-refractivity contribution in [2.24, 2.45) is 5.73 Å². The van der Waals surface area contributed by atoms with Crippen molar-refractivity contribution in [1.82, 2.24) is 5.32 Å². The number of hydrogen-bond acceptors (Lipinski definition) is 3. The molecule has 2 aromatic rings. The van der Waals surface area contributed by atoms with E-state index >= 15 is 0 Å². The van der Waals surface area contributed by atoms with Crippen molar-refractivity contribution in [2.45, 2.75) is 31.3 Å². The molecule has 0 bridgehead atoms. The lowest BCUT2D eigenvalue weighted by Gasteiger charge is -2.18. The molecule has 0 aliphatic heterocycles. The van der Waals surface area contributed by atoms with Crippen molar-refractivity contribution in [3.8, 4) is 11.5 Å². The van der Waals surface area contributed by atoms with Gasteiger partial charge in [-0.3, -0.25) is 4.79 Å². The maximum Gasteiger partial charge on any atom is 0.240 e. The number of benzene rings is 2. The molecule has 0 spiro atoms. The molecule has 0 heterocycles. The number of carbonyl (C=O) groups excluding carboxylic acids is 1. The summed E-state index contributed by atoms with van der Waals surface area (Å²) in [6.07, 6.45) is 1.40. The Morgan fingerprint density at radius 3 is 2.57 bits per heavy atom. The molecule has 0 aromatic heterocycles. The van der Waals surface area contributed by atoms with E-state index in [1.165, 1.54) is 6.07 Å². The molecule has 1 atom stereocenters. The SMILES string of the molecule is CC(NC(=O)C1(N)CC1)c1ccc(Oc2ccccc2)c(F)c1. The number of nitrogens with two attached hydrogens (primary N) is 1. The van der Waals surface area contributed by atoms with Crippen molar-refractivity contribution in [1.29, 1.82) is 0 Å². The second-order valence-corrected chi connectivity index (χ2v) is 5.96. The Kier molecular flexibility index (Phi) is 4.05. The second-order valence-electron chi connectivity index (χ2n) is 5.96. The summed E-state index contributed by atoms with van der Waals surface area (Å²) in [7, 11) is 0. The predicted octanol–water partition coefficient (Wildman–Crippen LogP) is 3.29. The third-order valence-corrected chi connectivity index (χ3v) is 4.02. The quantitative estimate of drug-likeness (QED) is 0.890. The van der Waals surface area contributed by atoms with Crippen LogP contribution in [0.3, 0.4) is 0 Å². The molecular weight excluding hydrogens is 295 g/mol. The minimum absolute atomic E-state index is 0.149. The third kappa shape index (κ3) is 3.51. The Bertz CT molecular complexity index is 714. The lowest BCUT2D eigenvalue weighted by molar-refractivity contribution is -0.123. The molecule has 0 saturated heterocycles. The molecule has 1 aliphatic carbocycles. The highest BCUT2D eigenvalue weighted by Crippen LogP contribution is 2.33. The van der Waals surface area contributed by atoms with E-state index in [0.717, 1.165) is 0 Å². The molecule has 3 rings (SSSR count). The summed E-state index contributed by atoms with van der Waals surface area (Å²) in [6.45, 7) is 1.80. The van der Waals surface area contributed by atoms with E-state index in [2.05, 4.69) is 5.32 Å². The molecular formula is C18H19FN2O2. The Hall–Kier alpha value is -2.40. The number of hydrogen-bond donors (Lipinski definition) is 2. The van der Waals surface area contributed by atoms with Gasteiger partial charge in [0.05, 0.1) is 11.6 Å². The Labute approximate surface area is 134 Å². The van der Waals surface area contributed by atoms with E-state index < -0.39 is 11.4 Å². The summed E-state index contributed by atoms with van der Waals surface area (Å²) >= 11 is 0. The highest BCUT2D eigenvalue weighted by atomic mass is 19.1. The monoisotopic (exact) mass is 314 g/mol. The standard InChI is InChI=1S/C18H19FN2O2/c1-12(21-17(22)18(20)9-10-18)13-7-8-16(15(19)11-13)23-14-5-3-2-4-6-14/h2-8,11-12H,9-10,20H2,1H3,(H,21,22). The van der Waals surface area contributed by atoms with Gasteiger partial charge in [0, 0.05) is 0 Å². The Morgan fingerprint density at radius 2 is 1.96 bits per heavy atom. The second kappa shape index (κ2) is 6.01. The molecule has 3 N–H and O–H groups in total. The van der Waals surface area contributed by atoms with Crippen molar-refractivity contribution < 1.29 is 13.9 Å².